The smallest absolute Gasteiger partial charge is 0.293 e. The molecule has 0 saturated carbocycles. The van der Waals surface area contributed by atoms with Gasteiger partial charge < -0.3 is 10.6 Å². The van der Waals surface area contributed by atoms with E-state index in [9.17, 15) is 14.9 Å². The maximum absolute atomic E-state index is 12.2. The number of rotatable bonds is 6. The molecule has 0 fully saturated rings. The van der Waals surface area contributed by atoms with Gasteiger partial charge in [-0.15, -0.1) is 0 Å². The quantitative estimate of drug-likeness (QED) is 0.623. The molecule has 0 radical (unpaired) electrons. The molecule has 0 bridgehead atoms. The molecular weight excluding hydrogens is 270 g/mol. The Balaban J connectivity index is 2.93. The van der Waals surface area contributed by atoms with Crippen LogP contribution in [0.15, 0.2) is 18.2 Å². The molecule has 21 heavy (non-hydrogen) atoms. The van der Waals surface area contributed by atoms with Crippen molar-refractivity contribution in [3.05, 3.63) is 33.9 Å². The van der Waals surface area contributed by atoms with Crippen LogP contribution in [0.2, 0.25) is 0 Å². The fourth-order valence-corrected chi connectivity index (χ4v) is 1.89. The van der Waals surface area contributed by atoms with Crippen LogP contribution >= 0.6 is 0 Å². The Morgan fingerprint density at radius 2 is 2.00 bits per heavy atom. The van der Waals surface area contributed by atoms with Gasteiger partial charge in [0.1, 0.15) is 5.69 Å². The summed E-state index contributed by atoms with van der Waals surface area (Å²) in [7, 11) is 0. The van der Waals surface area contributed by atoms with Crippen LogP contribution in [-0.4, -0.2) is 23.9 Å². The third-order valence-corrected chi connectivity index (χ3v) is 3.00. The van der Waals surface area contributed by atoms with E-state index >= 15 is 0 Å². The summed E-state index contributed by atoms with van der Waals surface area (Å²) >= 11 is 0. The molecule has 116 valence electrons. The second kappa shape index (κ2) is 7.06. The van der Waals surface area contributed by atoms with Crippen LogP contribution in [0.25, 0.3) is 0 Å². The van der Waals surface area contributed by atoms with Crippen molar-refractivity contribution in [2.45, 2.75) is 34.1 Å². The number of anilines is 1. The fraction of sp³-hybridized carbons (Fsp3) is 0.533. The highest BCUT2D eigenvalue weighted by Crippen LogP contribution is 2.28. The predicted molar refractivity (Wildman–Crippen MR) is 83.7 cm³/mol. The van der Waals surface area contributed by atoms with Crippen LogP contribution in [0.5, 0.6) is 0 Å². The van der Waals surface area contributed by atoms with E-state index < -0.39 is 4.92 Å². The van der Waals surface area contributed by atoms with Gasteiger partial charge in [-0.3, -0.25) is 14.9 Å². The Hall–Kier alpha value is -2.11. The number of hydrogen-bond acceptors (Lipinski definition) is 4. The van der Waals surface area contributed by atoms with Crippen molar-refractivity contribution in [1.29, 1.82) is 0 Å². The van der Waals surface area contributed by atoms with Crippen molar-refractivity contribution in [1.82, 2.24) is 5.32 Å². The van der Waals surface area contributed by atoms with Gasteiger partial charge in [0.25, 0.3) is 11.6 Å². The van der Waals surface area contributed by atoms with Crippen LogP contribution in [-0.2, 0) is 0 Å². The minimum atomic E-state index is -0.482. The van der Waals surface area contributed by atoms with Gasteiger partial charge in [0.2, 0.25) is 0 Å². The van der Waals surface area contributed by atoms with Gasteiger partial charge >= 0.3 is 0 Å². The van der Waals surface area contributed by atoms with E-state index in [-0.39, 0.29) is 22.7 Å². The Morgan fingerprint density at radius 3 is 2.52 bits per heavy atom. The first-order chi connectivity index (χ1) is 9.76. The molecule has 0 aromatic heterocycles. The topological polar surface area (TPSA) is 84.3 Å². The molecule has 0 aliphatic carbocycles. The van der Waals surface area contributed by atoms with Crippen molar-refractivity contribution in [2.24, 2.45) is 5.41 Å². The molecule has 0 unspecified atom stereocenters. The van der Waals surface area contributed by atoms with Crippen LogP contribution in [0.1, 0.15) is 44.5 Å². The van der Waals surface area contributed by atoms with Crippen molar-refractivity contribution in [2.75, 3.05) is 18.4 Å². The molecule has 1 aromatic carbocycles. The minimum Gasteiger partial charge on any atom is -0.379 e. The predicted octanol–water partition coefficient (Wildman–Crippen LogP) is 3.19. The van der Waals surface area contributed by atoms with Gasteiger partial charge in [0, 0.05) is 19.2 Å². The first-order valence-corrected chi connectivity index (χ1v) is 7.05. The van der Waals surface area contributed by atoms with Crippen LogP contribution in [0, 0.1) is 15.5 Å². The average molecular weight is 293 g/mol. The summed E-state index contributed by atoms with van der Waals surface area (Å²) in [5.74, 6) is -0.293. The third-order valence-electron chi connectivity index (χ3n) is 3.00. The molecule has 2 N–H and O–H groups in total. The Labute approximate surface area is 125 Å². The number of nitrogens with zero attached hydrogens (tertiary/aromatic N) is 1. The van der Waals surface area contributed by atoms with Crippen molar-refractivity contribution >= 4 is 17.3 Å². The van der Waals surface area contributed by atoms with E-state index in [1.54, 1.807) is 6.07 Å². The van der Waals surface area contributed by atoms with Crippen LogP contribution < -0.4 is 10.6 Å². The lowest BCUT2D eigenvalue weighted by Crippen LogP contribution is -2.28. The summed E-state index contributed by atoms with van der Waals surface area (Å²) in [6.07, 6.45) is 0.838. The second-order valence-corrected chi connectivity index (χ2v) is 6.05. The van der Waals surface area contributed by atoms with Gasteiger partial charge in [-0.05, 0) is 24.8 Å². The highest BCUT2D eigenvalue weighted by atomic mass is 16.6. The molecular formula is C15H23N3O3. The van der Waals surface area contributed by atoms with E-state index in [0.717, 1.165) is 6.42 Å². The SMILES string of the molecule is CCNc1c(C(=O)NCCC(C)(C)C)cccc1[N+](=O)[O-]. The zero-order chi connectivity index (χ0) is 16.0. The molecule has 0 aliphatic heterocycles. The van der Waals surface area contributed by atoms with Gasteiger partial charge in [-0.25, -0.2) is 0 Å². The fourth-order valence-electron chi connectivity index (χ4n) is 1.89. The normalized spacial score (nSPS) is 11.0. The average Bonchev–Trinajstić information content (AvgIpc) is 2.37. The molecule has 0 spiro atoms. The molecule has 1 aromatic rings. The molecule has 6 nitrogen and oxygen atoms in total. The van der Waals surface area contributed by atoms with Gasteiger partial charge in [0.05, 0.1) is 10.5 Å². The maximum atomic E-state index is 12.2. The van der Waals surface area contributed by atoms with Crippen molar-refractivity contribution in [3.8, 4) is 0 Å². The Bertz CT molecular complexity index is 521. The summed E-state index contributed by atoms with van der Waals surface area (Å²) in [4.78, 5) is 22.8. The molecule has 1 amide bonds. The molecule has 0 heterocycles. The number of nitrogens with one attached hydrogen (secondary N) is 2. The first kappa shape index (κ1) is 16.9. The van der Waals surface area contributed by atoms with E-state index in [1.165, 1.54) is 12.1 Å². The number of benzene rings is 1. The van der Waals surface area contributed by atoms with Crippen LogP contribution in [0.3, 0.4) is 0 Å². The van der Waals surface area contributed by atoms with Gasteiger partial charge in [-0.1, -0.05) is 26.8 Å². The van der Waals surface area contributed by atoms with Gasteiger partial charge in [0.15, 0.2) is 0 Å². The lowest BCUT2D eigenvalue weighted by atomic mass is 9.92. The summed E-state index contributed by atoms with van der Waals surface area (Å²) in [6.45, 7) is 9.16. The van der Waals surface area contributed by atoms with E-state index in [2.05, 4.69) is 31.4 Å². The highest BCUT2D eigenvalue weighted by Gasteiger charge is 2.21. The van der Waals surface area contributed by atoms with Gasteiger partial charge in [-0.2, -0.15) is 0 Å². The summed E-state index contributed by atoms with van der Waals surface area (Å²) < 4.78 is 0. The number of carbonyl (C=O) groups is 1. The molecule has 0 saturated heterocycles. The molecule has 6 heteroatoms. The largest absolute Gasteiger partial charge is 0.379 e. The number of amides is 1. The van der Waals surface area contributed by atoms with Crippen LogP contribution in [0.4, 0.5) is 11.4 Å². The summed E-state index contributed by atoms with van der Waals surface area (Å²) in [6, 6.07) is 4.51. The molecule has 0 aliphatic rings. The number of nitro groups is 1. The van der Waals surface area contributed by atoms with Crippen molar-refractivity contribution < 1.29 is 9.72 Å². The minimum absolute atomic E-state index is 0.0830. The zero-order valence-corrected chi connectivity index (χ0v) is 13.0. The lowest BCUT2D eigenvalue weighted by molar-refractivity contribution is -0.384. The summed E-state index contributed by atoms with van der Waals surface area (Å²) in [5.41, 5.74) is 0.624. The lowest BCUT2D eigenvalue weighted by Gasteiger charge is -2.18. The van der Waals surface area contributed by atoms with E-state index in [4.69, 9.17) is 0 Å². The Kier molecular flexibility index (Phi) is 5.69. The number of para-hydroxylation sites is 1. The zero-order valence-electron chi connectivity index (χ0n) is 13.0. The highest BCUT2D eigenvalue weighted by molar-refractivity contribution is 6.01. The number of carbonyl (C=O) groups excluding carboxylic acids is 1. The molecule has 1 rings (SSSR count). The Morgan fingerprint density at radius 1 is 1.33 bits per heavy atom. The first-order valence-electron chi connectivity index (χ1n) is 7.05. The second-order valence-electron chi connectivity index (χ2n) is 6.05. The standard InChI is InChI=1S/C15H23N3O3/c1-5-16-13-11(7-6-8-12(13)18(20)21)14(19)17-10-9-15(2,3)4/h6-8,16H,5,9-10H2,1-4H3,(H,17,19). The maximum Gasteiger partial charge on any atom is 0.293 e. The monoisotopic (exact) mass is 293 g/mol. The summed E-state index contributed by atoms with van der Waals surface area (Å²) in [5, 5.41) is 16.8. The third kappa shape index (κ3) is 5.06. The van der Waals surface area contributed by atoms with Crippen molar-refractivity contribution in [3.63, 3.8) is 0 Å². The number of nitro benzene ring substituents is 1. The molecule has 0 atom stereocenters. The number of hydrogen-bond donors (Lipinski definition) is 2. The van der Waals surface area contributed by atoms with E-state index in [0.29, 0.717) is 18.7 Å². The van der Waals surface area contributed by atoms with E-state index in [1.807, 2.05) is 6.92 Å².